The molecular weight excluding hydrogens is 293 g/mol. The van der Waals surface area contributed by atoms with Crippen LogP contribution in [0.4, 0.5) is 9.52 Å². The molecule has 0 aliphatic carbocycles. The zero-order chi connectivity index (χ0) is 11.4. The van der Waals surface area contributed by atoms with E-state index in [1.54, 1.807) is 12.1 Å². The second kappa shape index (κ2) is 5.36. The fourth-order valence-corrected chi connectivity index (χ4v) is 2.32. The second-order valence-corrected chi connectivity index (χ2v) is 5.38. The molecule has 0 aliphatic rings. The molecule has 1 heterocycles. The SMILES string of the molecule is Fc1ccccc1CCNc1nnc(Br)s1. The Kier molecular flexibility index (Phi) is 3.84. The van der Waals surface area contributed by atoms with Crippen molar-refractivity contribution in [3.8, 4) is 0 Å². The van der Waals surface area contributed by atoms with Crippen LogP contribution in [0.15, 0.2) is 28.2 Å². The van der Waals surface area contributed by atoms with Crippen molar-refractivity contribution in [3.05, 3.63) is 39.6 Å². The third kappa shape index (κ3) is 2.99. The molecular formula is C10H9BrFN3S. The van der Waals surface area contributed by atoms with Crippen molar-refractivity contribution in [1.29, 1.82) is 0 Å². The highest BCUT2D eigenvalue weighted by molar-refractivity contribution is 9.11. The fourth-order valence-electron chi connectivity index (χ4n) is 1.28. The molecule has 0 bridgehead atoms. The molecule has 0 spiro atoms. The van der Waals surface area contributed by atoms with E-state index in [4.69, 9.17) is 0 Å². The summed E-state index contributed by atoms with van der Waals surface area (Å²) in [7, 11) is 0. The Morgan fingerprint density at radius 3 is 2.81 bits per heavy atom. The molecule has 1 aromatic heterocycles. The van der Waals surface area contributed by atoms with Gasteiger partial charge >= 0.3 is 0 Å². The van der Waals surface area contributed by atoms with Gasteiger partial charge in [0.25, 0.3) is 0 Å². The molecule has 2 rings (SSSR count). The third-order valence-corrected chi connectivity index (χ3v) is 3.34. The number of anilines is 1. The summed E-state index contributed by atoms with van der Waals surface area (Å²) in [5, 5.41) is 11.5. The van der Waals surface area contributed by atoms with Crippen LogP contribution in [0.2, 0.25) is 0 Å². The van der Waals surface area contributed by atoms with Crippen molar-refractivity contribution >= 4 is 32.4 Å². The van der Waals surface area contributed by atoms with Crippen molar-refractivity contribution in [2.75, 3.05) is 11.9 Å². The molecule has 0 atom stereocenters. The Morgan fingerprint density at radius 1 is 1.31 bits per heavy atom. The van der Waals surface area contributed by atoms with Gasteiger partial charge in [-0.05, 0) is 34.0 Å². The molecule has 3 nitrogen and oxygen atoms in total. The summed E-state index contributed by atoms with van der Waals surface area (Å²) in [4.78, 5) is 0. The van der Waals surface area contributed by atoms with E-state index in [0.29, 0.717) is 18.5 Å². The molecule has 0 saturated heterocycles. The Morgan fingerprint density at radius 2 is 2.12 bits per heavy atom. The predicted octanol–water partition coefficient (Wildman–Crippen LogP) is 3.09. The first-order chi connectivity index (χ1) is 7.75. The summed E-state index contributed by atoms with van der Waals surface area (Å²) in [6.45, 7) is 0.641. The van der Waals surface area contributed by atoms with Crippen LogP contribution in [0.25, 0.3) is 0 Å². The van der Waals surface area contributed by atoms with Gasteiger partial charge in [-0.25, -0.2) is 4.39 Å². The van der Waals surface area contributed by atoms with Gasteiger partial charge in [-0.2, -0.15) is 0 Å². The van der Waals surface area contributed by atoms with Crippen LogP contribution in [-0.4, -0.2) is 16.7 Å². The van der Waals surface area contributed by atoms with Gasteiger partial charge in [-0.1, -0.05) is 29.5 Å². The van der Waals surface area contributed by atoms with Crippen LogP contribution >= 0.6 is 27.3 Å². The van der Waals surface area contributed by atoms with Crippen LogP contribution < -0.4 is 5.32 Å². The minimum absolute atomic E-state index is 0.164. The van der Waals surface area contributed by atoms with Gasteiger partial charge in [0.1, 0.15) is 5.82 Å². The standard InChI is InChI=1S/C10H9BrFN3S/c11-9-14-15-10(16-9)13-6-5-7-3-1-2-4-8(7)12/h1-4H,5-6H2,(H,13,15). The van der Waals surface area contributed by atoms with Gasteiger partial charge in [0.2, 0.25) is 5.13 Å². The first kappa shape index (κ1) is 11.5. The maximum absolute atomic E-state index is 13.3. The summed E-state index contributed by atoms with van der Waals surface area (Å²) in [6, 6.07) is 6.78. The Balaban J connectivity index is 1.87. The molecule has 0 aliphatic heterocycles. The lowest BCUT2D eigenvalue weighted by Gasteiger charge is -2.03. The number of hydrogen-bond donors (Lipinski definition) is 1. The summed E-state index contributed by atoms with van der Waals surface area (Å²) >= 11 is 4.64. The monoisotopic (exact) mass is 301 g/mol. The van der Waals surface area contributed by atoms with Gasteiger partial charge in [0.15, 0.2) is 3.92 Å². The van der Waals surface area contributed by atoms with E-state index in [-0.39, 0.29) is 5.82 Å². The number of hydrogen-bond acceptors (Lipinski definition) is 4. The van der Waals surface area contributed by atoms with E-state index in [0.717, 1.165) is 9.05 Å². The number of halogens is 2. The Hall–Kier alpha value is -1.01. The molecule has 84 valence electrons. The van der Waals surface area contributed by atoms with Crippen molar-refractivity contribution in [2.45, 2.75) is 6.42 Å². The molecule has 0 fully saturated rings. The zero-order valence-corrected chi connectivity index (χ0v) is 10.7. The smallest absolute Gasteiger partial charge is 0.206 e. The molecule has 0 saturated carbocycles. The molecule has 0 unspecified atom stereocenters. The normalized spacial score (nSPS) is 10.4. The van der Waals surface area contributed by atoms with Crippen molar-refractivity contribution in [3.63, 3.8) is 0 Å². The van der Waals surface area contributed by atoms with E-state index < -0.39 is 0 Å². The van der Waals surface area contributed by atoms with Gasteiger partial charge in [0, 0.05) is 6.54 Å². The van der Waals surface area contributed by atoms with Crippen LogP contribution in [-0.2, 0) is 6.42 Å². The lowest BCUT2D eigenvalue weighted by atomic mass is 10.1. The summed E-state index contributed by atoms with van der Waals surface area (Å²) in [6.07, 6.45) is 0.629. The minimum Gasteiger partial charge on any atom is -0.360 e. The molecule has 16 heavy (non-hydrogen) atoms. The predicted molar refractivity (Wildman–Crippen MR) is 66.2 cm³/mol. The zero-order valence-electron chi connectivity index (χ0n) is 8.28. The molecule has 0 radical (unpaired) electrons. The second-order valence-electron chi connectivity index (χ2n) is 3.13. The number of nitrogens with one attached hydrogen (secondary N) is 1. The van der Waals surface area contributed by atoms with E-state index in [1.165, 1.54) is 17.4 Å². The molecule has 1 aromatic carbocycles. The van der Waals surface area contributed by atoms with Gasteiger partial charge < -0.3 is 5.32 Å². The summed E-state index contributed by atoms with van der Waals surface area (Å²) in [5.74, 6) is -0.164. The average molecular weight is 302 g/mol. The first-order valence-corrected chi connectivity index (χ1v) is 6.33. The summed E-state index contributed by atoms with van der Waals surface area (Å²) in [5.41, 5.74) is 0.707. The van der Waals surface area contributed by atoms with Crippen LogP contribution in [0.1, 0.15) is 5.56 Å². The number of nitrogens with zero attached hydrogens (tertiary/aromatic N) is 2. The van der Waals surface area contributed by atoms with Crippen molar-refractivity contribution in [1.82, 2.24) is 10.2 Å². The van der Waals surface area contributed by atoms with E-state index in [2.05, 4.69) is 31.4 Å². The minimum atomic E-state index is -0.164. The Labute approximate surface area is 105 Å². The molecule has 1 N–H and O–H groups in total. The highest BCUT2D eigenvalue weighted by atomic mass is 79.9. The quantitative estimate of drug-likeness (QED) is 0.943. The van der Waals surface area contributed by atoms with Gasteiger partial charge in [-0.3, -0.25) is 0 Å². The fraction of sp³-hybridized carbons (Fsp3) is 0.200. The summed E-state index contributed by atoms with van der Waals surface area (Å²) < 4.78 is 14.0. The number of aromatic nitrogens is 2. The highest BCUT2D eigenvalue weighted by Gasteiger charge is 2.02. The average Bonchev–Trinajstić information content (AvgIpc) is 2.67. The number of benzene rings is 1. The van der Waals surface area contributed by atoms with Crippen LogP contribution in [0.5, 0.6) is 0 Å². The molecule has 2 aromatic rings. The first-order valence-electron chi connectivity index (χ1n) is 4.72. The molecule has 6 heteroatoms. The van der Waals surface area contributed by atoms with Crippen molar-refractivity contribution < 1.29 is 4.39 Å². The van der Waals surface area contributed by atoms with Crippen LogP contribution in [0.3, 0.4) is 0 Å². The van der Waals surface area contributed by atoms with Crippen LogP contribution in [0, 0.1) is 5.82 Å². The lowest BCUT2D eigenvalue weighted by Crippen LogP contribution is -2.05. The lowest BCUT2D eigenvalue weighted by molar-refractivity contribution is 0.610. The largest absolute Gasteiger partial charge is 0.360 e. The number of rotatable bonds is 4. The van der Waals surface area contributed by atoms with Gasteiger partial charge in [0.05, 0.1) is 0 Å². The topological polar surface area (TPSA) is 37.8 Å². The van der Waals surface area contributed by atoms with E-state index in [1.807, 2.05) is 6.07 Å². The maximum Gasteiger partial charge on any atom is 0.206 e. The molecule has 0 amide bonds. The third-order valence-electron chi connectivity index (χ3n) is 2.03. The van der Waals surface area contributed by atoms with Crippen molar-refractivity contribution in [2.24, 2.45) is 0 Å². The Bertz CT molecular complexity index is 475. The maximum atomic E-state index is 13.3. The van der Waals surface area contributed by atoms with E-state index in [9.17, 15) is 4.39 Å². The van der Waals surface area contributed by atoms with Gasteiger partial charge in [-0.15, -0.1) is 10.2 Å². The van der Waals surface area contributed by atoms with E-state index >= 15 is 0 Å². The highest BCUT2D eigenvalue weighted by Crippen LogP contribution is 2.19.